The fraction of sp³-hybridized carbons (Fsp3) is 0.188. The van der Waals surface area contributed by atoms with Crippen molar-refractivity contribution in [2.75, 3.05) is 6.79 Å². The van der Waals surface area contributed by atoms with E-state index in [0.717, 1.165) is 11.1 Å². The standard InChI is InChI=1S/C16H16O4/c1-12-2-6-14(7-3-12)16(18)20-15-8-4-13(5-9-15)10-19-11-17/h2-9,17H,10-11H2,1H3. The molecule has 2 rings (SSSR count). The predicted octanol–water partition coefficient (Wildman–Crippen LogP) is 2.68. The van der Waals surface area contributed by atoms with Crippen molar-refractivity contribution >= 4 is 5.97 Å². The lowest BCUT2D eigenvalue weighted by molar-refractivity contribution is -0.0112. The van der Waals surface area contributed by atoms with Crippen LogP contribution in [0.15, 0.2) is 48.5 Å². The Morgan fingerprint density at radius 3 is 2.30 bits per heavy atom. The summed E-state index contributed by atoms with van der Waals surface area (Å²) >= 11 is 0. The van der Waals surface area contributed by atoms with Crippen molar-refractivity contribution in [1.29, 1.82) is 0 Å². The molecule has 0 atom stereocenters. The molecule has 20 heavy (non-hydrogen) atoms. The van der Waals surface area contributed by atoms with Crippen molar-refractivity contribution in [3.05, 3.63) is 65.2 Å². The monoisotopic (exact) mass is 272 g/mol. The normalized spacial score (nSPS) is 10.3. The van der Waals surface area contributed by atoms with Gasteiger partial charge in [-0.3, -0.25) is 0 Å². The molecule has 0 radical (unpaired) electrons. The molecule has 0 aliphatic carbocycles. The van der Waals surface area contributed by atoms with E-state index in [1.165, 1.54) is 0 Å². The Morgan fingerprint density at radius 1 is 1.05 bits per heavy atom. The number of aliphatic hydroxyl groups is 1. The number of benzene rings is 2. The Bertz CT molecular complexity index is 558. The zero-order valence-corrected chi connectivity index (χ0v) is 11.2. The third-order valence-electron chi connectivity index (χ3n) is 2.78. The lowest BCUT2D eigenvalue weighted by Gasteiger charge is -2.06. The number of hydrogen-bond donors (Lipinski definition) is 1. The van der Waals surface area contributed by atoms with Crippen LogP contribution in [0.25, 0.3) is 0 Å². The van der Waals surface area contributed by atoms with Crippen molar-refractivity contribution < 1.29 is 19.4 Å². The number of carbonyl (C=O) groups excluding carboxylic acids is 1. The van der Waals surface area contributed by atoms with Gasteiger partial charge in [-0.05, 0) is 36.8 Å². The third-order valence-corrected chi connectivity index (χ3v) is 2.78. The van der Waals surface area contributed by atoms with Gasteiger partial charge in [0.2, 0.25) is 0 Å². The summed E-state index contributed by atoms with van der Waals surface area (Å²) in [6.45, 7) is 1.97. The molecule has 4 heteroatoms. The number of rotatable bonds is 5. The highest BCUT2D eigenvalue weighted by Crippen LogP contribution is 2.15. The quantitative estimate of drug-likeness (QED) is 0.516. The Morgan fingerprint density at radius 2 is 1.70 bits per heavy atom. The number of hydrogen-bond acceptors (Lipinski definition) is 4. The Kier molecular flexibility index (Phi) is 4.87. The van der Waals surface area contributed by atoms with Gasteiger partial charge in [0.1, 0.15) is 12.5 Å². The SMILES string of the molecule is Cc1ccc(C(=O)Oc2ccc(COCO)cc2)cc1. The Hall–Kier alpha value is -2.17. The average Bonchev–Trinajstić information content (AvgIpc) is 2.47. The molecule has 0 fully saturated rings. The van der Waals surface area contributed by atoms with E-state index < -0.39 is 0 Å². The van der Waals surface area contributed by atoms with Gasteiger partial charge in [0.15, 0.2) is 0 Å². The van der Waals surface area contributed by atoms with Crippen LogP contribution < -0.4 is 4.74 Å². The predicted molar refractivity (Wildman–Crippen MR) is 74.5 cm³/mol. The summed E-state index contributed by atoms with van der Waals surface area (Å²) in [6, 6.07) is 14.2. The van der Waals surface area contributed by atoms with Gasteiger partial charge >= 0.3 is 5.97 Å². The van der Waals surface area contributed by atoms with E-state index in [-0.39, 0.29) is 12.8 Å². The minimum atomic E-state index is -0.385. The molecule has 0 saturated heterocycles. The molecule has 0 bridgehead atoms. The van der Waals surface area contributed by atoms with Crippen molar-refractivity contribution in [3.63, 3.8) is 0 Å². The van der Waals surface area contributed by atoms with E-state index >= 15 is 0 Å². The van der Waals surface area contributed by atoms with Gasteiger partial charge in [0.05, 0.1) is 12.2 Å². The average molecular weight is 272 g/mol. The highest BCUT2D eigenvalue weighted by molar-refractivity contribution is 5.91. The maximum Gasteiger partial charge on any atom is 0.343 e. The second kappa shape index (κ2) is 6.84. The smallest absolute Gasteiger partial charge is 0.343 e. The van der Waals surface area contributed by atoms with E-state index in [1.54, 1.807) is 36.4 Å². The molecule has 0 amide bonds. The molecule has 0 unspecified atom stereocenters. The largest absolute Gasteiger partial charge is 0.423 e. The zero-order chi connectivity index (χ0) is 14.4. The minimum Gasteiger partial charge on any atom is -0.423 e. The van der Waals surface area contributed by atoms with Crippen LogP contribution in [0.3, 0.4) is 0 Å². The van der Waals surface area contributed by atoms with Crippen LogP contribution in [0.1, 0.15) is 21.5 Å². The number of aryl methyl sites for hydroxylation is 1. The highest BCUT2D eigenvalue weighted by atomic mass is 16.6. The van der Waals surface area contributed by atoms with Crippen molar-refractivity contribution in [1.82, 2.24) is 0 Å². The zero-order valence-electron chi connectivity index (χ0n) is 11.2. The molecular weight excluding hydrogens is 256 g/mol. The fourth-order valence-corrected chi connectivity index (χ4v) is 1.67. The summed E-state index contributed by atoms with van der Waals surface area (Å²) in [7, 11) is 0. The lowest BCUT2D eigenvalue weighted by atomic mass is 10.1. The van der Waals surface area contributed by atoms with Gasteiger partial charge in [0, 0.05) is 0 Å². The van der Waals surface area contributed by atoms with E-state index in [9.17, 15) is 4.79 Å². The topological polar surface area (TPSA) is 55.8 Å². The summed E-state index contributed by atoms with van der Waals surface area (Å²) in [5.41, 5.74) is 2.51. The molecule has 4 nitrogen and oxygen atoms in total. The van der Waals surface area contributed by atoms with Crippen LogP contribution >= 0.6 is 0 Å². The first kappa shape index (κ1) is 14.2. The number of esters is 1. The van der Waals surface area contributed by atoms with Gasteiger partial charge in [0.25, 0.3) is 0 Å². The molecule has 2 aromatic rings. The van der Waals surface area contributed by atoms with E-state index in [1.807, 2.05) is 19.1 Å². The van der Waals surface area contributed by atoms with Gasteiger partial charge < -0.3 is 14.6 Å². The van der Waals surface area contributed by atoms with Crippen molar-refractivity contribution in [2.24, 2.45) is 0 Å². The van der Waals surface area contributed by atoms with Crippen LogP contribution in [-0.2, 0) is 11.3 Å². The summed E-state index contributed by atoms with van der Waals surface area (Å²) in [6.07, 6.45) is 0. The maximum atomic E-state index is 11.9. The fourth-order valence-electron chi connectivity index (χ4n) is 1.67. The van der Waals surface area contributed by atoms with Gasteiger partial charge in [-0.25, -0.2) is 4.79 Å². The first-order chi connectivity index (χ1) is 9.69. The molecule has 0 aliphatic rings. The molecule has 0 aromatic heterocycles. The summed E-state index contributed by atoms with van der Waals surface area (Å²) in [5, 5.41) is 8.56. The first-order valence-corrected chi connectivity index (χ1v) is 6.25. The number of carbonyl (C=O) groups is 1. The molecule has 0 saturated carbocycles. The van der Waals surface area contributed by atoms with Crippen LogP contribution in [0.2, 0.25) is 0 Å². The molecule has 104 valence electrons. The Labute approximate surface area is 117 Å². The second-order valence-corrected chi connectivity index (χ2v) is 4.38. The second-order valence-electron chi connectivity index (χ2n) is 4.38. The van der Waals surface area contributed by atoms with Gasteiger partial charge in [-0.1, -0.05) is 29.8 Å². The van der Waals surface area contributed by atoms with Crippen LogP contribution in [0.5, 0.6) is 5.75 Å². The molecule has 2 aromatic carbocycles. The Balaban J connectivity index is 1.99. The van der Waals surface area contributed by atoms with Gasteiger partial charge in [-0.15, -0.1) is 0 Å². The molecule has 1 N–H and O–H groups in total. The minimum absolute atomic E-state index is 0.315. The lowest BCUT2D eigenvalue weighted by Crippen LogP contribution is -2.08. The van der Waals surface area contributed by atoms with Crippen molar-refractivity contribution in [3.8, 4) is 5.75 Å². The van der Waals surface area contributed by atoms with Crippen LogP contribution in [0, 0.1) is 6.92 Å². The summed E-state index contributed by atoms with van der Waals surface area (Å²) in [5.74, 6) is 0.0904. The molecular formula is C16H16O4. The summed E-state index contributed by atoms with van der Waals surface area (Å²) in [4.78, 5) is 11.9. The maximum absolute atomic E-state index is 11.9. The summed E-state index contributed by atoms with van der Waals surface area (Å²) < 4.78 is 10.1. The van der Waals surface area contributed by atoms with E-state index in [2.05, 4.69) is 0 Å². The highest BCUT2D eigenvalue weighted by Gasteiger charge is 2.07. The first-order valence-electron chi connectivity index (χ1n) is 6.25. The molecule has 0 aliphatic heterocycles. The third kappa shape index (κ3) is 3.91. The number of aliphatic hydroxyl groups excluding tert-OH is 1. The van der Waals surface area contributed by atoms with Crippen LogP contribution in [-0.4, -0.2) is 17.9 Å². The molecule has 0 spiro atoms. The van der Waals surface area contributed by atoms with Crippen molar-refractivity contribution in [2.45, 2.75) is 13.5 Å². The number of ether oxygens (including phenoxy) is 2. The van der Waals surface area contributed by atoms with E-state index in [4.69, 9.17) is 14.6 Å². The van der Waals surface area contributed by atoms with E-state index in [0.29, 0.717) is 17.9 Å². The van der Waals surface area contributed by atoms with Crippen LogP contribution in [0.4, 0.5) is 0 Å². The van der Waals surface area contributed by atoms with Gasteiger partial charge in [-0.2, -0.15) is 0 Å². The molecule has 0 heterocycles.